The number of phenols is 1. The number of anilines is 1. The zero-order valence-corrected chi connectivity index (χ0v) is 15.2. The number of carbonyl (C=O) groups excluding carboxylic acids is 1. The number of carbonyl (C=O) groups is 1. The molecule has 1 amide bonds. The first-order valence-corrected chi connectivity index (χ1v) is 8.97. The van der Waals surface area contributed by atoms with Gasteiger partial charge in [0.15, 0.2) is 0 Å². The monoisotopic (exact) mass is 369 g/mol. The van der Waals surface area contributed by atoms with Crippen LogP contribution in [0.25, 0.3) is 0 Å². The van der Waals surface area contributed by atoms with Gasteiger partial charge in [-0.05, 0) is 36.6 Å². The minimum atomic E-state index is -0.363. The summed E-state index contributed by atoms with van der Waals surface area (Å²) in [5.74, 6) is 0.214. The average Bonchev–Trinajstić information content (AvgIpc) is 2.69. The zero-order chi connectivity index (χ0) is 19.4. The molecule has 2 aromatic rings. The lowest BCUT2D eigenvalue weighted by atomic mass is 9.94. The summed E-state index contributed by atoms with van der Waals surface area (Å²) in [6.45, 7) is 1.73. The number of para-hydroxylation sites is 2. The van der Waals surface area contributed by atoms with Crippen molar-refractivity contribution in [3.63, 3.8) is 0 Å². The lowest BCUT2D eigenvalue weighted by Crippen LogP contribution is -2.41. The van der Waals surface area contributed by atoms with Gasteiger partial charge in [0, 0.05) is 38.7 Å². The maximum Gasteiger partial charge on any atom is 0.292 e. The predicted octanol–water partition coefficient (Wildman–Crippen LogP) is 3.18. The van der Waals surface area contributed by atoms with Crippen molar-refractivity contribution in [2.45, 2.75) is 19.4 Å². The molecule has 1 heterocycles. The fourth-order valence-electron chi connectivity index (χ4n) is 3.52. The normalized spacial score (nSPS) is 14.8. The largest absolute Gasteiger partial charge is 0.508 e. The van der Waals surface area contributed by atoms with Crippen molar-refractivity contribution >= 4 is 17.3 Å². The lowest BCUT2D eigenvalue weighted by Gasteiger charge is -2.34. The number of phenolic OH excluding ortho intramolecular Hbond substituents is 1. The summed E-state index contributed by atoms with van der Waals surface area (Å²) in [5.41, 5.74) is 1.68. The quantitative estimate of drug-likeness (QED) is 0.646. The number of rotatable bonds is 5. The van der Waals surface area contributed by atoms with Crippen LogP contribution >= 0.6 is 0 Å². The molecular weight excluding hydrogens is 346 g/mol. The van der Waals surface area contributed by atoms with Gasteiger partial charge in [0.25, 0.3) is 5.69 Å². The van der Waals surface area contributed by atoms with Crippen LogP contribution in [0.15, 0.2) is 48.5 Å². The summed E-state index contributed by atoms with van der Waals surface area (Å²) < 4.78 is 0. The first-order valence-electron chi connectivity index (χ1n) is 8.97. The Bertz CT molecular complexity index is 814. The smallest absolute Gasteiger partial charge is 0.292 e. The van der Waals surface area contributed by atoms with E-state index in [0.29, 0.717) is 38.2 Å². The topological polar surface area (TPSA) is 86.9 Å². The molecule has 1 aliphatic heterocycles. The number of nitro benzene ring substituents is 1. The van der Waals surface area contributed by atoms with Gasteiger partial charge in [-0.1, -0.05) is 24.3 Å². The molecule has 7 heteroatoms. The van der Waals surface area contributed by atoms with Gasteiger partial charge < -0.3 is 14.9 Å². The molecule has 1 saturated heterocycles. The number of hydrogen-bond donors (Lipinski definition) is 1. The molecule has 0 bridgehead atoms. The van der Waals surface area contributed by atoms with E-state index in [1.807, 2.05) is 4.90 Å². The summed E-state index contributed by atoms with van der Waals surface area (Å²) in [7, 11) is 1.78. The van der Waals surface area contributed by atoms with Gasteiger partial charge in [-0.2, -0.15) is 0 Å². The minimum Gasteiger partial charge on any atom is -0.508 e. The molecule has 0 atom stereocenters. The van der Waals surface area contributed by atoms with Crippen molar-refractivity contribution in [3.8, 4) is 5.75 Å². The number of piperidine rings is 1. The molecular formula is C20H23N3O4. The summed E-state index contributed by atoms with van der Waals surface area (Å²) in [4.78, 5) is 27.3. The van der Waals surface area contributed by atoms with Crippen LogP contribution in [0.5, 0.6) is 5.75 Å². The Kier molecular flexibility index (Phi) is 5.59. The Morgan fingerprint density at radius 2 is 1.81 bits per heavy atom. The second-order valence-corrected chi connectivity index (χ2v) is 6.87. The molecule has 0 saturated carbocycles. The van der Waals surface area contributed by atoms with Crippen molar-refractivity contribution in [1.82, 2.24) is 4.90 Å². The summed E-state index contributed by atoms with van der Waals surface area (Å²) in [6.07, 6.45) is 1.34. The van der Waals surface area contributed by atoms with E-state index in [4.69, 9.17) is 0 Å². The van der Waals surface area contributed by atoms with E-state index in [1.165, 1.54) is 6.07 Å². The highest BCUT2D eigenvalue weighted by Crippen LogP contribution is 2.31. The molecule has 0 radical (unpaired) electrons. The van der Waals surface area contributed by atoms with E-state index >= 15 is 0 Å². The Balaban J connectivity index is 1.59. The van der Waals surface area contributed by atoms with Crippen LogP contribution in [-0.2, 0) is 11.3 Å². The predicted molar refractivity (Wildman–Crippen MR) is 103 cm³/mol. The first kappa shape index (κ1) is 18.7. The Morgan fingerprint density at radius 1 is 1.19 bits per heavy atom. The third kappa shape index (κ3) is 4.36. The molecule has 0 spiro atoms. The molecule has 2 aromatic carbocycles. The Labute approximate surface area is 158 Å². The molecule has 27 heavy (non-hydrogen) atoms. The summed E-state index contributed by atoms with van der Waals surface area (Å²) in [6, 6.07) is 13.6. The zero-order valence-electron chi connectivity index (χ0n) is 15.2. The molecule has 0 aromatic heterocycles. The third-order valence-corrected chi connectivity index (χ3v) is 5.00. The first-order chi connectivity index (χ1) is 13.0. The van der Waals surface area contributed by atoms with Crippen molar-refractivity contribution in [3.05, 3.63) is 64.2 Å². The van der Waals surface area contributed by atoms with Gasteiger partial charge in [-0.3, -0.25) is 14.9 Å². The number of nitro groups is 1. The fourth-order valence-corrected chi connectivity index (χ4v) is 3.52. The number of nitrogens with zero attached hydrogens (tertiary/aromatic N) is 3. The van der Waals surface area contributed by atoms with Crippen LogP contribution < -0.4 is 4.90 Å². The maximum absolute atomic E-state index is 12.7. The second-order valence-electron chi connectivity index (χ2n) is 6.87. The van der Waals surface area contributed by atoms with E-state index in [9.17, 15) is 20.0 Å². The van der Waals surface area contributed by atoms with E-state index < -0.39 is 0 Å². The van der Waals surface area contributed by atoms with Crippen molar-refractivity contribution in [2.24, 2.45) is 5.92 Å². The molecule has 142 valence electrons. The number of amides is 1. The van der Waals surface area contributed by atoms with Crippen LogP contribution in [0.3, 0.4) is 0 Å². The highest BCUT2D eigenvalue weighted by molar-refractivity contribution is 5.79. The van der Waals surface area contributed by atoms with Crippen molar-refractivity contribution < 1.29 is 14.8 Å². The van der Waals surface area contributed by atoms with Gasteiger partial charge in [-0.25, -0.2) is 0 Å². The Morgan fingerprint density at radius 3 is 2.44 bits per heavy atom. The van der Waals surface area contributed by atoms with Crippen molar-refractivity contribution in [1.29, 1.82) is 0 Å². The minimum absolute atomic E-state index is 0.0777. The molecule has 7 nitrogen and oxygen atoms in total. The Hall–Kier alpha value is -3.09. The number of hydrogen-bond acceptors (Lipinski definition) is 5. The summed E-state index contributed by atoms with van der Waals surface area (Å²) in [5, 5.41) is 20.6. The van der Waals surface area contributed by atoms with Crippen LogP contribution in [0.4, 0.5) is 11.4 Å². The van der Waals surface area contributed by atoms with Gasteiger partial charge in [0.1, 0.15) is 11.4 Å². The molecule has 0 unspecified atom stereocenters. The van der Waals surface area contributed by atoms with E-state index in [2.05, 4.69) is 0 Å². The molecule has 1 N–H and O–H groups in total. The van der Waals surface area contributed by atoms with Crippen LogP contribution in [0.1, 0.15) is 18.4 Å². The number of benzene rings is 2. The molecule has 0 aliphatic carbocycles. The second kappa shape index (κ2) is 8.07. The lowest BCUT2D eigenvalue weighted by molar-refractivity contribution is -0.384. The fraction of sp³-hybridized carbons (Fsp3) is 0.350. The van der Waals surface area contributed by atoms with Gasteiger partial charge in [0.2, 0.25) is 5.91 Å². The SMILES string of the molecule is CN(Cc1ccc(O)cc1)C(=O)C1CCN(c2ccccc2[N+](=O)[O-])CC1. The highest BCUT2D eigenvalue weighted by Gasteiger charge is 2.29. The van der Waals surface area contributed by atoms with Crippen LogP contribution in [0, 0.1) is 16.0 Å². The molecule has 3 rings (SSSR count). The maximum atomic E-state index is 12.7. The van der Waals surface area contributed by atoms with Gasteiger partial charge in [0.05, 0.1) is 4.92 Å². The standard InChI is InChI=1S/C20H23N3O4/c1-21(14-15-6-8-17(24)9-7-15)20(25)16-10-12-22(13-11-16)18-4-2-3-5-19(18)23(26)27/h2-9,16,24H,10-14H2,1H3. The van der Waals surface area contributed by atoms with Crippen molar-refractivity contribution in [2.75, 3.05) is 25.0 Å². The molecule has 1 aliphatic rings. The van der Waals surface area contributed by atoms with E-state index in [1.54, 1.807) is 54.4 Å². The average molecular weight is 369 g/mol. The van der Waals surface area contributed by atoms with Crippen LogP contribution in [-0.4, -0.2) is 41.0 Å². The summed E-state index contributed by atoms with van der Waals surface area (Å²) >= 11 is 0. The van der Waals surface area contributed by atoms with Gasteiger partial charge in [-0.15, -0.1) is 0 Å². The van der Waals surface area contributed by atoms with Crippen LogP contribution in [0.2, 0.25) is 0 Å². The highest BCUT2D eigenvalue weighted by atomic mass is 16.6. The molecule has 1 fully saturated rings. The van der Waals surface area contributed by atoms with Gasteiger partial charge >= 0.3 is 0 Å². The third-order valence-electron chi connectivity index (χ3n) is 5.00. The number of aromatic hydroxyl groups is 1. The van der Waals surface area contributed by atoms with E-state index in [-0.39, 0.29) is 28.2 Å². The van der Waals surface area contributed by atoms with E-state index in [0.717, 1.165) is 5.56 Å².